The van der Waals surface area contributed by atoms with Gasteiger partial charge in [-0.05, 0) is 71.0 Å². The number of ether oxygens (including phenoxy) is 1. The quantitative estimate of drug-likeness (QED) is 0.526. The Labute approximate surface area is 160 Å². The van der Waals surface area contributed by atoms with E-state index in [-0.39, 0.29) is 23.9 Å². The van der Waals surface area contributed by atoms with Crippen molar-refractivity contribution in [3.8, 4) is 0 Å². The number of benzene rings is 1. The Balaban J connectivity index is 2.10. The topological polar surface area (TPSA) is 44.8 Å². The van der Waals surface area contributed by atoms with Crippen LogP contribution in [0.15, 0.2) is 12.1 Å². The largest absolute Gasteiger partial charge is 0.495 e. The first kappa shape index (κ1) is 21.8. The summed E-state index contributed by atoms with van der Waals surface area (Å²) in [6, 6.07) is 2.56. The first-order valence-electron chi connectivity index (χ1n) is 9.48. The van der Waals surface area contributed by atoms with Gasteiger partial charge in [-0.2, -0.15) is 0 Å². The van der Waals surface area contributed by atoms with Crippen molar-refractivity contribution >= 4 is 18.6 Å². The summed E-state index contributed by atoms with van der Waals surface area (Å²) in [4.78, 5) is 11.4. The minimum absolute atomic E-state index is 0.0270. The molecule has 0 aliphatic carbocycles. The van der Waals surface area contributed by atoms with Crippen LogP contribution in [-0.4, -0.2) is 30.9 Å². The first-order valence-corrected chi connectivity index (χ1v) is 9.48. The predicted molar refractivity (Wildman–Crippen MR) is 101 cm³/mol. The third-order valence-corrected chi connectivity index (χ3v) is 5.44. The molecule has 0 spiro atoms. The second kappa shape index (κ2) is 8.27. The van der Waals surface area contributed by atoms with Gasteiger partial charge >= 0.3 is 13.1 Å². The Bertz CT molecular complexity index is 652. The summed E-state index contributed by atoms with van der Waals surface area (Å²) >= 11 is 0. The molecule has 0 bridgehead atoms. The minimum Gasteiger partial charge on any atom is -0.466 e. The van der Waals surface area contributed by atoms with Gasteiger partial charge in [-0.1, -0.05) is 6.92 Å². The number of esters is 1. The van der Waals surface area contributed by atoms with Crippen LogP contribution >= 0.6 is 0 Å². The fourth-order valence-electron chi connectivity index (χ4n) is 3.12. The molecular weight excluding hydrogens is 353 g/mol. The molecule has 1 heterocycles. The summed E-state index contributed by atoms with van der Waals surface area (Å²) < 4.78 is 45.9. The van der Waals surface area contributed by atoms with Crippen LogP contribution in [0.1, 0.15) is 72.3 Å². The maximum absolute atomic E-state index is 14.7. The van der Waals surface area contributed by atoms with Crippen molar-refractivity contribution in [2.45, 2.75) is 77.9 Å². The molecule has 7 heteroatoms. The van der Waals surface area contributed by atoms with Gasteiger partial charge in [-0.25, -0.2) is 8.78 Å². The summed E-state index contributed by atoms with van der Waals surface area (Å²) in [6.07, 6.45) is 1.24. The summed E-state index contributed by atoms with van der Waals surface area (Å²) in [5.41, 5.74) is -0.807. The Morgan fingerprint density at radius 2 is 1.67 bits per heavy atom. The third kappa shape index (κ3) is 4.88. The minimum atomic E-state index is -0.813. The highest BCUT2D eigenvalue weighted by Crippen LogP contribution is 2.37. The number of carbonyl (C=O) groups is 1. The van der Waals surface area contributed by atoms with Crippen molar-refractivity contribution in [3.05, 3.63) is 29.3 Å². The molecular formula is C20H29BF2O4. The van der Waals surface area contributed by atoms with Gasteiger partial charge in [0.1, 0.15) is 11.6 Å². The zero-order chi connectivity index (χ0) is 20.4. The van der Waals surface area contributed by atoms with Gasteiger partial charge in [-0.3, -0.25) is 4.79 Å². The second-order valence-electron chi connectivity index (χ2n) is 8.08. The van der Waals surface area contributed by atoms with E-state index in [4.69, 9.17) is 14.0 Å². The molecule has 0 amide bonds. The lowest BCUT2D eigenvalue weighted by Crippen LogP contribution is -2.41. The maximum atomic E-state index is 14.7. The maximum Gasteiger partial charge on any atom is 0.495 e. The molecule has 0 unspecified atom stereocenters. The Morgan fingerprint density at radius 1 is 1.15 bits per heavy atom. The summed E-state index contributed by atoms with van der Waals surface area (Å²) in [6.45, 7) is 11.4. The van der Waals surface area contributed by atoms with Gasteiger partial charge in [0, 0.05) is 12.0 Å². The van der Waals surface area contributed by atoms with Gasteiger partial charge in [0.2, 0.25) is 0 Å². The molecule has 1 saturated heterocycles. The van der Waals surface area contributed by atoms with Crippen LogP contribution in [-0.2, 0) is 18.8 Å². The van der Waals surface area contributed by atoms with Crippen LogP contribution in [0.25, 0.3) is 0 Å². The fraction of sp³-hybridized carbons (Fsp3) is 0.650. The molecule has 1 fully saturated rings. The van der Waals surface area contributed by atoms with E-state index in [9.17, 15) is 13.6 Å². The molecule has 1 aliphatic rings. The van der Waals surface area contributed by atoms with Gasteiger partial charge < -0.3 is 14.0 Å². The van der Waals surface area contributed by atoms with Gasteiger partial charge in [0.15, 0.2) is 0 Å². The monoisotopic (exact) mass is 382 g/mol. The lowest BCUT2D eigenvalue weighted by atomic mass is 9.77. The first-order chi connectivity index (χ1) is 12.5. The zero-order valence-electron chi connectivity index (χ0n) is 17.0. The molecule has 0 radical (unpaired) electrons. The van der Waals surface area contributed by atoms with E-state index in [1.807, 2.05) is 27.7 Å². The highest BCUT2D eigenvalue weighted by atomic mass is 19.1. The van der Waals surface area contributed by atoms with Crippen molar-refractivity contribution in [1.82, 2.24) is 0 Å². The number of hydrogen-bond donors (Lipinski definition) is 0. The molecule has 4 nitrogen and oxygen atoms in total. The van der Waals surface area contributed by atoms with Crippen molar-refractivity contribution < 1.29 is 27.6 Å². The highest BCUT2D eigenvalue weighted by molar-refractivity contribution is 6.62. The number of hydrogen-bond acceptors (Lipinski definition) is 4. The average molecular weight is 382 g/mol. The van der Waals surface area contributed by atoms with Gasteiger partial charge in [0.25, 0.3) is 0 Å². The molecule has 0 saturated carbocycles. The highest BCUT2D eigenvalue weighted by Gasteiger charge is 2.52. The second-order valence-corrected chi connectivity index (χ2v) is 8.08. The normalized spacial score (nSPS) is 19.2. The molecule has 27 heavy (non-hydrogen) atoms. The van der Waals surface area contributed by atoms with Crippen LogP contribution < -0.4 is 5.46 Å². The average Bonchev–Trinajstić information content (AvgIpc) is 2.75. The van der Waals surface area contributed by atoms with Gasteiger partial charge in [0.05, 0.1) is 17.8 Å². The van der Waals surface area contributed by atoms with E-state index < -0.39 is 30.0 Å². The van der Waals surface area contributed by atoms with E-state index >= 15 is 0 Å². The number of carbonyl (C=O) groups excluding carboxylic acids is 1. The molecule has 0 N–H and O–H groups in total. The van der Waals surface area contributed by atoms with E-state index in [2.05, 4.69) is 0 Å². The van der Waals surface area contributed by atoms with Crippen molar-refractivity contribution in [2.24, 2.45) is 0 Å². The van der Waals surface area contributed by atoms with E-state index in [0.29, 0.717) is 24.9 Å². The lowest BCUT2D eigenvalue weighted by Gasteiger charge is -2.32. The number of halogens is 2. The van der Waals surface area contributed by atoms with Crippen LogP contribution in [0.4, 0.5) is 8.78 Å². The van der Waals surface area contributed by atoms with E-state index in [1.165, 1.54) is 12.1 Å². The van der Waals surface area contributed by atoms with Crippen molar-refractivity contribution in [1.29, 1.82) is 0 Å². The van der Waals surface area contributed by atoms with E-state index in [0.717, 1.165) is 0 Å². The van der Waals surface area contributed by atoms with E-state index in [1.54, 1.807) is 13.8 Å². The van der Waals surface area contributed by atoms with Crippen molar-refractivity contribution in [3.63, 3.8) is 0 Å². The summed E-state index contributed by atoms with van der Waals surface area (Å²) in [5.74, 6) is -1.89. The summed E-state index contributed by atoms with van der Waals surface area (Å²) in [5, 5.41) is 0. The van der Waals surface area contributed by atoms with Gasteiger partial charge in [-0.15, -0.1) is 0 Å². The van der Waals surface area contributed by atoms with Crippen LogP contribution in [0.5, 0.6) is 0 Å². The van der Waals surface area contributed by atoms with Crippen LogP contribution in [0.2, 0.25) is 0 Å². The SMILES string of the molecule is CCOC(=O)CCC[C@@H](C)c1c(F)cc(B2OC(C)(C)C(C)(C)O2)cc1F. The molecule has 1 aliphatic heterocycles. The zero-order valence-corrected chi connectivity index (χ0v) is 17.0. The fourth-order valence-corrected chi connectivity index (χ4v) is 3.12. The van der Waals surface area contributed by atoms with Crippen LogP contribution in [0.3, 0.4) is 0 Å². The Hall–Kier alpha value is -1.47. The Kier molecular flexibility index (Phi) is 6.69. The summed E-state index contributed by atoms with van der Waals surface area (Å²) in [7, 11) is -0.813. The molecule has 1 aromatic carbocycles. The lowest BCUT2D eigenvalue weighted by molar-refractivity contribution is -0.143. The van der Waals surface area contributed by atoms with Crippen LogP contribution in [0, 0.1) is 11.6 Å². The predicted octanol–water partition coefficient (Wildman–Crippen LogP) is 4.10. The Morgan fingerprint density at radius 3 is 2.15 bits per heavy atom. The molecule has 150 valence electrons. The smallest absolute Gasteiger partial charge is 0.466 e. The number of rotatable bonds is 7. The standard InChI is InChI=1S/C20H29BF2O4/c1-7-25-17(24)10-8-9-13(2)18-15(22)11-14(12-16(18)23)21-26-19(3,4)20(5,6)27-21/h11-13H,7-10H2,1-6H3/t13-/m1/s1. The molecule has 1 atom stereocenters. The molecule has 0 aromatic heterocycles. The van der Waals surface area contributed by atoms with Crippen molar-refractivity contribution in [2.75, 3.05) is 6.61 Å². The third-order valence-electron chi connectivity index (χ3n) is 5.44. The molecule has 1 aromatic rings. The molecule has 2 rings (SSSR count).